The van der Waals surface area contributed by atoms with Gasteiger partial charge in [0.2, 0.25) is 0 Å². The first kappa shape index (κ1) is 23.8. The van der Waals surface area contributed by atoms with E-state index in [-0.39, 0.29) is 24.4 Å². The van der Waals surface area contributed by atoms with Gasteiger partial charge in [0.15, 0.2) is 0 Å². The van der Waals surface area contributed by atoms with Crippen LogP contribution in [0, 0.1) is 5.82 Å². The van der Waals surface area contributed by atoms with E-state index >= 15 is 0 Å². The topological polar surface area (TPSA) is 50.8 Å². The van der Waals surface area contributed by atoms with Crippen molar-refractivity contribution in [3.63, 3.8) is 0 Å². The minimum Gasteiger partial charge on any atom is -0.497 e. The first-order valence-electron chi connectivity index (χ1n) is 11.2. The fourth-order valence-corrected chi connectivity index (χ4v) is 3.98. The van der Waals surface area contributed by atoms with Crippen LogP contribution in [0.5, 0.6) is 11.5 Å². The Bertz CT molecular complexity index is 1210. The molecule has 0 aliphatic rings. The Kier molecular flexibility index (Phi) is 7.63. The van der Waals surface area contributed by atoms with Crippen LogP contribution in [-0.2, 0) is 6.54 Å². The lowest BCUT2D eigenvalue weighted by atomic mass is 9.96. The summed E-state index contributed by atoms with van der Waals surface area (Å²) in [6.07, 6.45) is 0. The monoisotopic (exact) mass is 470 g/mol. The zero-order chi connectivity index (χ0) is 24.6. The molecule has 6 heteroatoms. The van der Waals surface area contributed by atoms with Crippen molar-refractivity contribution in [1.29, 1.82) is 0 Å². The molecule has 4 rings (SSSR count). The van der Waals surface area contributed by atoms with Crippen molar-refractivity contribution in [2.75, 3.05) is 19.5 Å². The van der Waals surface area contributed by atoms with Gasteiger partial charge in [-0.25, -0.2) is 9.18 Å². The van der Waals surface area contributed by atoms with E-state index in [1.54, 1.807) is 42.3 Å². The molecular weight excluding hydrogens is 443 g/mol. The van der Waals surface area contributed by atoms with Gasteiger partial charge in [-0.15, -0.1) is 0 Å². The van der Waals surface area contributed by atoms with Crippen molar-refractivity contribution < 1.29 is 18.7 Å². The summed E-state index contributed by atoms with van der Waals surface area (Å²) in [7, 11) is 3.11. The second-order valence-corrected chi connectivity index (χ2v) is 7.97. The summed E-state index contributed by atoms with van der Waals surface area (Å²) in [5, 5.41) is 3.00. The first-order valence-corrected chi connectivity index (χ1v) is 11.2. The maximum atomic E-state index is 13.8. The van der Waals surface area contributed by atoms with Crippen molar-refractivity contribution >= 4 is 11.7 Å². The summed E-state index contributed by atoms with van der Waals surface area (Å²) >= 11 is 0. The van der Waals surface area contributed by atoms with Gasteiger partial charge in [0.1, 0.15) is 17.3 Å². The molecule has 5 nitrogen and oxygen atoms in total. The van der Waals surface area contributed by atoms with Crippen LogP contribution in [0.2, 0.25) is 0 Å². The number of urea groups is 1. The third-order valence-corrected chi connectivity index (χ3v) is 5.72. The second-order valence-electron chi connectivity index (χ2n) is 7.97. The van der Waals surface area contributed by atoms with E-state index in [1.165, 1.54) is 19.2 Å². The Morgan fingerprint density at radius 2 is 1.43 bits per heavy atom. The molecule has 0 radical (unpaired) electrons. The smallest absolute Gasteiger partial charge is 0.323 e. The summed E-state index contributed by atoms with van der Waals surface area (Å²) in [5.74, 6) is 0.778. The second kappa shape index (κ2) is 11.2. The van der Waals surface area contributed by atoms with Gasteiger partial charge >= 0.3 is 6.03 Å². The zero-order valence-electron chi connectivity index (χ0n) is 19.6. The van der Waals surface area contributed by atoms with Gasteiger partial charge in [-0.2, -0.15) is 0 Å². The van der Waals surface area contributed by atoms with Crippen LogP contribution in [-0.4, -0.2) is 25.2 Å². The van der Waals surface area contributed by atoms with Crippen molar-refractivity contribution in [2.24, 2.45) is 0 Å². The zero-order valence-corrected chi connectivity index (χ0v) is 19.6. The van der Waals surface area contributed by atoms with E-state index in [0.29, 0.717) is 17.2 Å². The van der Waals surface area contributed by atoms with Crippen LogP contribution in [0.3, 0.4) is 0 Å². The van der Waals surface area contributed by atoms with Crippen LogP contribution >= 0.6 is 0 Å². The number of ether oxygens (including phenoxy) is 2. The molecule has 0 bridgehead atoms. The number of rotatable bonds is 8. The molecule has 0 atom stereocenters. The highest BCUT2D eigenvalue weighted by atomic mass is 19.1. The molecule has 4 aromatic carbocycles. The van der Waals surface area contributed by atoms with E-state index in [0.717, 1.165) is 16.7 Å². The first-order chi connectivity index (χ1) is 17.1. The van der Waals surface area contributed by atoms with Gasteiger partial charge < -0.3 is 19.7 Å². The van der Waals surface area contributed by atoms with Crippen LogP contribution in [0.25, 0.3) is 0 Å². The minimum atomic E-state index is -0.383. The molecule has 0 unspecified atom stereocenters. The Labute approximate surface area is 204 Å². The number of benzene rings is 4. The van der Waals surface area contributed by atoms with E-state index in [9.17, 15) is 9.18 Å². The average molecular weight is 471 g/mol. The molecular formula is C29H27FN2O3. The number of hydrogen-bond acceptors (Lipinski definition) is 3. The Morgan fingerprint density at radius 3 is 1.97 bits per heavy atom. The fraction of sp³-hybridized carbons (Fsp3) is 0.138. The lowest BCUT2D eigenvalue weighted by molar-refractivity contribution is 0.194. The van der Waals surface area contributed by atoms with Gasteiger partial charge in [0.05, 0.1) is 25.9 Å². The largest absolute Gasteiger partial charge is 0.497 e. The number of nitrogens with zero attached hydrogens (tertiary/aromatic N) is 1. The normalized spacial score (nSPS) is 10.6. The molecule has 0 saturated heterocycles. The molecule has 0 aliphatic carbocycles. The molecule has 178 valence electrons. The van der Waals surface area contributed by atoms with E-state index in [2.05, 4.69) is 5.32 Å². The molecule has 0 aromatic heterocycles. The number of carbonyl (C=O) groups is 1. The van der Waals surface area contributed by atoms with Crippen molar-refractivity contribution in [3.05, 3.63) is 126 Å². The van der Waals surface area contributed by atoms with E-state index in [1.807, 2.05) is 60.7 Å². The third kappa shape index (κ3) is 5.79. The van der Waals surface area contributed by atoms with E-state index in [4.69, 9.17) is 9.47 Å². The SMILES string of the molecule is COc1ccc(NC(=O)N(Cc2ccc(F)cc2)C(c2ccccc2)c2ccccc2)c(OC)c1. The Hall–Kier alpha value is -4.32. The summed E-state index contributed by atoms with van der Waals surface area (Å²) in [4.78, 5) is 15.6. The molecule has 1 N–H and O–H groups in total. The summed E-state index contributed by atoms with van der Waals surface area (Å²) < 4.78 is 24.3. The molecule has 0 heterocycles. The van der Waals surface area contributed by atoms with Gasteiger partial charge in [0, 0.05) is 12.6 Å². The number of nitrogens with one attached hydrogen (secondary N) is 1. The van der Waals surface area contributed by atoms with Crippen LogP contribution in [0.15, 0.2) is 103 Å². The van der Waals surface area contributed by atoms with Gasteiger partial charge in [-0.3, -0.25) is 0 Å². The molecule has 2 amide bonds. The molecule has 0 saturated carbocycles. The van der Waals surface area contributed by atoms with Crippen LogP contribution in [0.4, 0.5) is 14.9 Å². The van der Waals surface area contributed by atoms with Gasteiger partial charge in [-0.05, 0) is 41.0 Å². The van der Waals surface area contributed by atoms with E-state index < -0.39 is 0 Å². The number of halogens is 1. The summed E-state index contributed by atoms with van der Waals surface area (Å²) in [5.41, 5.74) is 3.23. The average Bonchev–Trinajstić information content (AvgIpc) is 2.91. The van der Waals surface area contributed by atoms with Crippen LogP contribution in [0.1, 0.15) is 22.7 Å². The Morgan fingerprint density at radius 1 is 0.829 bits per heavy atom. The number of hydrogen-bond donors (Lipinski definition) is 1. The highest BCUT2D eigenvalue weighted by Crippen LogP contribution is 2.33. The predicted molar refractivity (Wildman–Crippen MR) is 135 cm³/mol. The number of methoxy groups -OCH3 is 2. The van der Waals surface area contributed by atoms with Gasteiger partial charge in [0.25, 0.3) is 0 Å². The van der Waals surface area contributed by atoms with Crippen molar-refractivity contribution in [1.82, 2.24) is 4.90 Å². The third-order valence-electron chi connectivity index (χ3n) is 5.72. The van der Waals surface area contributed by atoms with Crippen molar-refractivity contribution in [2.45, 2.75) is 12.6 Å². The standard InChI is InChI=1S/C29H27FN2O3/c1-34-25-17-18-26(27(19-25)35-2)31-29(33)32(20-21-13-15-24(30)16-14-21)28(22-9-5-3-6-10-22)23-11-7-4-8-12-23/h3-19,28H,20H2,1-2H3,(H,31,33). The lowest BCUT2D eigenvalue weighted by Crippen LogP contribution is -2.38. The predicted octanol–water partition coefficient (Wildman–Crippen LogP) is 6.67. The summed E-state index contributed by atoms with van der Waals surface area (Å²) in [6, 6.07) is 30.4. The maximum Gasteiger partial charge on any atom is 0.323 e. The number of amides is 2. The molecule has 0 aliphatic heterocycles. The Balaban J connectivity index is 1.76. The minimum absolute atomic E-state index is 0.263. The highest BCUT2D eigenvalue weighted by Gasteiger charge is 2.28. The molecule has 0 fully saturated rings. The molecule has 0 spiro atoms. The number of anilines is 1. The quantitative estimate of drug-likeness (QED) is 0.313. The summed E-state index contributed by atoms with van der Waals surface area (Å²) in [6.45, 7) is 0.263. The van der Waals surface area contributed by atoms with Crippen molar-refractivity contribution in [3.8, 4) is 11.5 Å². The maximum absolute atomic E-state index is 13.8. The fourth-order valence-electron chi connectivity index (χ4n) is 3.98. The highest BCUT2D eigenvalue weighted by molar-refractivity contribution is 5.91. The van der Waals surface area contributed by atoms with Gasteiger partial charge in [-0.1, -0.05) is 72.8 Å². The molecule has 35 heavy (non-hydrogen) atoms. The molecule has 4 aromatic rings. The van der Waals surface area contributed by atoms with Crippen LogP contribution < -0.4 is 14.8 Å². The lowest BCUT2D eigenvalue weighted by Gasteiger charge is -2.33. The number of carbonyl (C=O) groups excluding carboxylic acids is 1.